The van der Waals surface area contributed by atoms with E-state index in [2.05, 4.69) is 25.5 Å². The normalized spacial score (nSPS) is 14.2. The molecular formula is C22H21ClN6OS. The third-order valence-electron chi connectivity index (χ3n) is 5.27. The summed E-state index contributed by atoms with van der Waals surface area (Å²) in [5.41, 5.74) is 3.92. The van der Waals surface area contributed by atoms with Crippen molar-refractivity contribution in [1.82, 2.24) is 20.3 Å². The van der Waals surface area contributed by atoms with Crippen LogP contribution in [0.15, 0.2) is 42.6 Å². The molecule has 0 aliphatic carbocycles. The second kappa shape index (κ2) is 8.30. The highest BCUT2D eigenvalue weighted by molar-refractivity contribution is 7.15. The van der Waals surface area contributed by atoms with Gasteiger partial charge in [0.15, 0.2) is 5.13 Å². The Labute approximate surface area is 188 Å². The topological polar surface area (TPSA) is 85.9 Å². The van der Waals surface area contributed by atoms with Crippen molar-refractivity contribution in [3.05, 3.63) is 58.1 Å². The molecule has 3 N–H and O–H groups in total. The van der Waals surface area contributed by atoms with Gasteiger partial charge in [-0.1, -0.05) is 17.7 Å². The second-order valence-electron chi connectivity index (χ2n) is 7.42. The van der Waals surface area contributed by atoms with Crippen LogP contribution in [0.2, 0.25) is 5.02 Å². The van der Waals surface area contributed by atoms with E-state index >= 15 is 0 Å². The predicted octanol–water partition coefficient (Wildman–Crippen LogP) is 4.31. The fraction of sp³-hybridized carbons (Fsp3) is 0.227. The van der Waals surface area contributed by atoms with Gasteiger partial charge >= 0.3 is 0 Å². The van der Waals surface area contributed by atoms with Gasteiger partial charge in [-0.15, -0.1) is 11.3 Å². The molecule has 1 aliphatic rings. The molecule has 2 aromatic carbocycles. The summed E-state index contributed by atoms with van der Waals surface area (Å²) in [6.45, 7) is 5.64. The number of halogens is 1. The standard InChI is InChI=1S/C22H21ClN6OS/c1-13-12-25-22(31-13)28-21(30)15-3-2-4-17-19(15)27-20(26-17)16-11-14(23)5-6-18(16)29-9-7-24-8-10-29/h2-6,11-12,24H,7-10H2,1H3,(H,26,27)(H,25,28,30). The van der Waals surface area contributed by atoms with Crippen molar-refractivity contribution in [3.8, 4) is 11.4 Å². The molecule has 5 rings (SSSR count). The number of hydrogen-bond acceptors (Lipinski definition) is 6. The Balaban J connectivity index is 1.54. The Bertz CT molecular complexity index is 1260. The molecule has 3 heterocycles. The van der Waals surface area contributed by atoms with Crippen LogP contribution in [0.5, 0.6) is 0 Å². The third-order valence-corrected chi connectivity index (χ3v) is 6.33. The number of fused-ring (bicyclic) bond motifs is 1. The fourth-order valence-corrected chi connectivity index (χ4v) is 4.63. The van der Waals surface area contributed by atoms with Crippen LogP contribution in [-0.2, 0) is 0 Å². The lowest BCUT2D eigenvalue weighted by atomic mass is 10.1. The van der Waals surface area contributed by atoms with Crippen LogP contribution in [0.4, 0.5) is 10.8 Å². The van der Waals surface area contributed by atoms with Crippen LogP contribution in [0.25, 0.3) is 22.4 Å². The smallest absolute Gasteiger partial charge is 0.259 e. The lowest BCUT2D eigenvalue weighted by molar-refractivity contribution is 0.102. The number of benzene rings is 2. The van der Waals surface area contributed by atoms with Crippen molar-refractivity contribution in [2.24, 2.45) is 0 Å². The van der Waals surface area contributed by atoms with Gasteiger partial charge in [-0.05, 0) is 37.3 Å². The van der Waals surface area contributed by atoms with E-state index in [1.54, 1.807) is 12.3 Å². The first-order valence-corrected chi connectivity index (χ1v) is 11.3. The maximum Gasteiger partial charge on any atom is 0.259 e. The van der Waals surface area contributed by atoms with E-state index in [1.807, 2.05) is 37.3 Å². The number of hydrogen-bond donors (Lipinski definition) is 3. The first kappa shape index (κ1) is 20.0. The number of anilines is 2. The molecule has 0 bridgehead atoms. The summed E-state index contributed by atoms with van der Waals surface area (Å²) >= 11 is 7.78. The summed E-state index contributed by atoms with van der Waals surface area (Å²) in [7, 11) is 0. The van der Waals surface area contributed by atoms with Gasteiger partial charge in [0.25, 0.3) is 5.91 Å². The van der Waals surface area contributed by atoms with Crippen molar-refractivity contribution < 1.29 is 4.79 Å². The van der Waals surface area contributed by atoms with Gasteiger partial charge in [0, 0.05) is 53.5 Å². The van der Waals surface area contributed by atoms with E-state index in [0.717, 1.165) is 47.8 Å². The second-order valence-corrected chi connectivity index (χ2v) is 9.09. The fourth-order valence-electron chi connectivity index (χ4n) is 3.80. The number of amides is 1. The number of aromatic amines is 1. The van der Waals surface area contributed by atoms with Gasteiger partial charge < -0.3 is 15.2 Å². The van der Waals surface area contributed by atoms with Crippen molar-refractivity contribution >= 4 is 50.7 Å². The van der Waals surface area contributed by atoms with Gasteiger partial charge in [-0.3, -0.25) is 10.1 Å². The minimum absolute atomic E-state index is 0.230. The molecule has 2 aromatic heterocycles. The molecule has 1 aliphatic heterocycles. The van der Waals surface area contributed by atoms with Crippen molar-refractivity contribution in [2.75, 3.05) is 36.4 Å². The summed E-state index contributed by atoms with van der Waals surface area (Å²) in [4.78, 5) is 28.7. The number of para-hydroxylation sites is 1. The lowest BCUT2D eigenvalue weighted by Gasteiger charge is -2.30. The van der Waals surface area contributed by atoms with E-state index < -0.39 is 0 Å². The molecule has 0 radical (unpaired) electrons. The first-order valence-electron chi connectivity index (χ1n) is 10.1. The molecule has 4 aromatic rings. The number of carbonyl (C=O) groups excluding carboxylic acids is 1. The lowest BCUT2D eigenvalue weighted by Crippen LogP contribution is -2.43. The molecule has 9 heteroatoms. The van der Waals surface area contributed by atoms with Crippen molar-refractivity contribution in [3.63, 3.8) is 0 Å². The first-order chi connectivity index (χ1) is 15.1. The molecule has 1 saturated heterocycles. The number of imidazole rings is 1. The number of piperazine rings is 1. The van der Waals surface area contributed by atoms with E-state index in [0.29, 0.717) is 27.1 Å². The molecule has 1 fully saturated rings. The van der Waals surface area contributed by atoms with E-state index in [1.165, 1.54) is 11.3 Å². The summed E-state index contributed by atoms with van der Waals surface area (Å²) in [6, 6.07) is 11.4. The van der Waals surface area contributed by atoms with E-state index in [4.69, 9.17) is 16.6 Å². The Morgan fingerprint density at radius 2 is 2.06 bits per heavy atom. The Hall–Kier alpha value is -2.94. The van der Waals surface area contributed by atoms with Crippen LogP contribution >= 0.6 is 22.9 Å². The number of aromatic nitrogens is 3. The van der Waals surface area contributed by atoms with Crippen LogP contribution in [0.1, 0.15) is 15.2 Å². The van der Waals surface area contributed by atoms with E-state index in [-0.39, 0.29) is 5.91 Å². The molecule has 1 amide bonds. The van der Waals surface area contributed by atoms with Gasteiger partial charge in [0.2, 0.25) is 0 Å². The number of thiazole rings is 1. The molecule has 0 saturated carbocycles. The highest BCUT2D eigenvalue weighted by Gasteiger charge is 2.20. The molecule has 7 nitrogen and oxygen atoms in total. The molecular weight excluding hydrogens is 432 g/mol. The van der Waals surface area contributed by atoms with Crippen LogP contribution in [-0.4, -0.2) is 47.0 Å². The highest BCUT2D eigenvalue weighted by Crippen LogP contribution is 2.34. The maximum absolute atomic E-state index is 12.9. The number of nitrogens with one attached hydrogen (secondary N) is 3. The SMILES string of the molecule is Cc1cnc(NC(=O)c2cccc3[nH]c(-c4cc(Cl)ccc4N4CCNCC4)nc23)s1. The largest absolute Gasteiger partial charge is 0.368 e. The number of H-pyrrole nitrogens is 1. The summed E-state index contributed by atoms with van der Waals surface area (Å²) < 4.78 is 0. The highest BCUT2D eigenvalue weighted by atomic mass is 35.5. The molecule has 0 atom stereocenters. The summed E-state index contributed by atoms with van der Waals surface area (Å²) in [5.74, 6) is 0.461. The number of aryl methyl sites for hydroxylation is 1. The average molecular weight is 453 g/mol. The average Bonchev–Trinajstić information content (AvgIpc) is 3.40. The van der Waals surface area contributed by atoms with Crippen LogP contribution in [0, 0.1) is 6.92 Å². The molecule has 158 valence electrons. The molecule has 31 heavy (non-hydrogen) atoms. The zero-order valence-corrected chi connectivity index (χ0v) is 18.5. The number of nitrogens with zero attached hydrogens (tertiary/aromatic N) is 3. The number of carbonyl (C=O) groups is 1. The minimum atomic E-state index is -0.230. The Kier molecular flexibility index (Phi) is 5.35. The summed E-state index contributed by atoms with van der Waals surface area (Å²) in [6.07, 6.45) is 1.74. The van der Waals surface area contributed by atoms with Crippen molar-refractivity contribution in [2.45, 2.75) is 6.92 Å². The minimum Gasteiger partial charge on any atom is -0.368 e. The maximum atomic E-state index is 12.9. The van der Waals surface area contributed by atoms with Crippen LogP contribution < -0.4 is 15.5 Å². The van der Waals surface area contributed by atoms with Gasteiger partial charge in [0.1, 0.15) is 11.3 Å². The zero-order chi connectivity index (χ0) is 21.4. The molecule has 0 unspecified atom stereocenters. The van der Waals surface area contributed by atoms with Gasteiger partial charge in [0.05, 0.1) is 11.1 Å². The zero-order valence-electron chi connectivity index (χ0n) is 16.9. The van der Waals surface area contributed by atoms with Gasteiger partial charge in [-0.25, -0.2) is 9.97 Å². The third kappa shape index (κ3) is 4.01. The quantitative estimate of drug-likeness (QED) is 0.429. The van der Waals surface area contributed by atoms with Gasteiger partial charge in [-0.2, -0.15) is 0 Å². The Morgan fingerprint density at radius 3 is 2.84 bits per heavy atom. The number of rotatable bonds is 4. The predicted molar refractivity (Wildman–Crippen MR) is 126 cm³/mol. The van der Waals surface area contributed by atoms with Crippen LogP contribution in [0.3, 0.4) is 0 Å². The van der Waals surface area contributed by atoms with Crippen molar-refractivity contribution in [1.29, 1.82) is 0 Å². The molecule has 0 spiro atoms. The Morgan fingerprint density at radius 1 is 1.23 bits per heavy atom. The monoisotopic (exact) mass is 452 g/mol. The van der Waals surface area contributed by atoms with E-state index in [9.17, 15) is 4.79 Å². The summed E-state index contributed by atoms with van der Waals surface area (Å²) in [5, 5.41) is 7.47.